The number of benzene rings is 2. The van der Waals surface area contributed by atoms with Gasteiger partial charge in [-0.25, -0.2) is 4.79 Å². The molecule has 0 spiro atoms. The Kier molecular flexibility index (Phi) is 7.00. The highest BCUT2D eigenvalue weighted by Crippen LogP contribution is 2.29. The number of esters is 1. The Labute approximate surface area is 158 Å². The molecular formula is C21H23NO5. The fraction of sp³-hybridized carbons (Fsp3) is 0.238. The zero-order chi connectivity index (χ0) is 19.8. The SMILES string of the molecule is COc1ccc(NC(=O)[C@H](C)OC(=O)/C=C/c2cccc(C)c2)cc1OC. The Morgan fingerprint density at radius 3 is 2.44 bits per heavy atom. The van der Waals surface area contributed by atoms with Gasteiger partial charge < -0.3 is 19.5 Å². The number of hydrogen-bond acceptors (Lipinski definition) is 5. The van der Waals surface area contributed by atoms with Crippen molar-refractivity contribution in [3.05, 3.63) is 59.7 Å². The first-order valence-electron chi connectivity index (χ1n) is 8.41. The zero-order valence-corrected chi connectivity index (χ0v) is 15.8. The van der Waals surface area contributed by atoms with Crippen LogP contribution >= 0.6 is 0 Å². The van der Waals surface area contributed by atoms with E-state index in [1.165, 1.54) is 27.2 Å². The molecule has 6 heteroatoms. The number of carbonyl (C=O) groups excluding carboxylic acids is 2. The van der Waals surface area contributed by atoms with Crippen LogP contribution in [0, 0.1) is 6.92 Å². The molecule has 2 aromatic carbocycles. The van der Waals surface area contributed by atoms with E-state index in [2.05, 4.69) is 5.32 Å². The molecular weight excluding hydrogens is 346 g/mol. The first-order valence-corrected chi connectivity index (χ1v) is 8.41. The fourth-order valence-corrected chi connectivity index (χ4v) is 2.36. The Balaban J connectivity index is 1.94. The molecule has 0 unspecified atom stereocenters. The number of aryl methyl sites for hydroxylation is 1. The molecule has 0 bridgehead atoms. The summed E-state index contributed by atoms with van der Waals surface area (Å²) in [5.74, 6) is 0.00305. The van der Waals surface area contributed by atoms with E-state index >= 15 is 0 Å². The average Bonchev–Trinajstić information content (AvgIpc) is 2.66. The highest BCUT2D eigenvalue weighted by atomic mass is 16.5. The number of anilines is 1. The number of rotatable bonds is 7. The lowest BCUT2D eigenvalue weighted by atomic mass is 10.1. The van der Waals surface area contributed by atoms with Gasteiger partial charge in [0, 0.05) is 17.8 Å². The van der Waals surface area contributed by atoms with E-state index in [9.17, 15) is 9.59 Å². The maximum Gasteiger partial charge on any atom is 0.331 e. The summed E-state index contributed by atoms with van der Waals surface area (Å²) in [4.78, 5) is 24.2. The van der Waals surface area contributed by atoms with Crippen molar-refractivity contribution in [3.63, 3.8) is 0 Å². The molecule has 1 amide bonds. The molecule has 0 heterocycles. The largest absolute Gasteiger partial charge is 0.493 e. The molecule has 0 fully saturated rings. The Bertz CT molecular complexity index is 844. The molecule has 1 N–H and O–H groups in total. The van der Waals surface area contributed by atoms with Crippen LogP contribution in [0.5, 0.6) is 11.5 Å². The van der Waals surface area contributed by atoms with E-state index in [4.69, 9.17) is 14.2 Å². The lowest BCUT2D eigenvalue weighted by Gasteiger charge is -2.14. The van der Waals surface area contributed by atoms with Gasteiger partial charge in [-0.1, -0.05) is 29.8 Å². The van der Waals surface area contributed by atoms with Crippen LogP contribution in [0.15, 0.2) is 48.5 Å². The standard InChI is InChI=1S/C21H23NO5/c1-14-6-5-7-16(12-14)8-11-20(23)27-15(2)21(24)22-17-9-10-18(25-3)19(13-17)26-4/h5-13,15H,1-4H3,(H,22,24)/b11-8+/t15-/m0/s1. The molecule has 0 aromatic heterocycles. The monoisotopic (exact) mass is 369 g/mol. The van der Waals surface area contributed by atoms with Gasteiger partial charge in [0.2, 0.25) is 0 Å². The van der Waals surface area contributed by atoms with Gasteiger partial charge >= 0.3 is 5.97 Å². The van der Waals surface area contributed by atoms with Gasteiger partial charge in [0.05, 0.1) is 14.2 Å². The molecule has 0 aliphatic heterocycles. The number of methoxy groups -OCH3 is 2. The molecule has 0 aliphatic carbocycles. The van der Waals surface area contributed by atoms with Crippen molar-refractivity contribution in [2.24, 2.45) is 0 Å². The highest BCUT2D eigenvalue weighted by Gasteiger charge is 2.17. The maximum absolute atomic E-state index is 12.2. The molecule has 2 rings (SSSR count). The number of carbonyl (C=O) groups is 2. The molecule has 2 aromatic rings. The van der Waals surface area contributed by atoms with Gasteiger partial charge in [-0.2, -0.15) is 0 Å². The zero-order valence-electron chi connectivity index (χ0n) is 15.8. The second kappa shape index (κ2) is 9.43. The third kappa shape index (κ3) is 5.88. The van der Waals surface area contributed by atoms with Crippen LogP contribution in [-0.4, -0.2) is 32.2 Å². The maximum atomic E-state index is 12.2. The van der Waals surface area contributed by atoms with Gasteiger partial charge in [-0.15, -0.1) is 0 Å². The van der Waals surface area contributed by atoms with Crippen LogP contribution in [-0.2, 0) is 14.3 Å². The summed E-state index contributed by atoms with van der Waals surface area (Å²) in [7, 11) is 3.04. The minimum absolute atomic E-state index is 0.445. The van der Waals surface area contributed by atoms with Crippen molar-refractivity contribution in [1.82, 2.24) is 0 Å². The third-order valence-electron chi connectivity index (χ3n) is 3.77. The Morgan fingerprint density at radius 2 is 1.78 bits per heavy atom. The van der Waals surface area contributed by atoms with E-state index in [0.717, 1.165) is 11.1 Å². The highest BCUT2D eigenvalue weighted by molar-refractivity contribution is 5.96. The molecule has 6 nitrogen and oxygen atoms in total. The van der Waals surface area contributed by atoms with Gasteiger partial charge in [0.25, 0.3) is 5.91 Å². The topological polar surface area (TPSA) is 73.9 Å². The Morgan fingerprint density at radius 1 is 1.04 bits per heavy atom. The lowest BCUT2D eigenvalue weighted by molar-refractivity contribution is -0.148. The number of ether oxygens (including phenoxy) is 3. The van der Waals surface area contributed by atoms with E-state index < -0.39 is 18.0 Å². The third-order valence-corrected chi connectivity index (χ3v) is 3.77. The molecule has 0 aliphatic rings. The van der Waals surface area contributed by atoms with E-state index in [0.29, 0.717) is 17.2 Å². The number of nitrogens with one attached hydrogen (secondary N) is 1. The molecule has 27 heavy (non-hydrogen) atoms. The minimum Gasteiger partial charge on any atom is -0.493 e. The van der Waals surface area contributed by atoms with Crippen LogP contribution < -0.4 is 14.8 Å². The van der Waals surface area contributed by atoms with Gasteiger partial charge in [-0.05, 0) is 37.6 Å². The molecule has 0 radical (unpaired) electrons. The average molecular weight is 369 g/mol. The van der Waals surface area contributed by atoms with Crippen LogP contribution in [0.2, 0.25) is 0 Å². The van der Waals surface area contributed by atoms with Crippen LogP contribution in [0.3, 0.4) is 0 Å². The van der Waals surface area contributed by atoms with E-state index in [1.54, 1.807) is 24.3 Å². The van der Waals surface area contributed by atoms with Gasteiger partial charge in [0.1, 0.15) is 0 Å². The van der Waals surface area contributed by atoms with E-state index in [-0.39, 0.29) is 0 Å². The lowest BCUT2D eigenvalue weighted by Crippen LogP contribution is -2.29. The fourth-order valence-electron chi connectivity index (χ4n) is 2.36. The number of hydrogen-bond donors (Lipinski definition) is 1. The molecule has 1 atom stereocenters. The summed E-state index contributed by atoms with van der Waals surface area (Å²) in [6, 6.07) is 12.7. The molecule has 142 valence electrons. The van der Waals surface area contributed by atoms with Gasteiger partial charge in [0.15, 0.2) is 17.6 Å². The summed E-state index contributed by atoms with van der Waals surface area (Å²) >= 11 is 0. The van der Waals surface area contributed by atoms with Crippen molar-refractivity contribution < 1.29 is 23.8 Å². The van der Waals surface area contributed by atoms with Crippen LogP contribution in [0.1, 0.15) is 18.1 Å². The van der Waals surface area contributed by atoms with Gasteiger partial charge in [-0.3, -0.25) is 4.79 Å². The molecule has 0 saturated carbocycles. The van der Waals surface area contributed by atoms with Crippen molar-refractivity contribution in [2.45, 2.75) is 20.0 Å². The summed E-state index contributed by atoms with van der Waals surface area (Å²) in [6.07, 6.45) is 2.00. The van der Waals surface area contributed by atoms with Crippen LogP contribution in [0.4, 0.5) is 5.69 Å². The van der Waals surface area contributed by atoms with Crippen molar-refractivity contribution in [1.29, 1.82) is 0 Å². The van der Waals surface area contributed by atoms with Crippen molar-refractivity contribution in [2.75, 3.05) is 19.5 Å². The minimum atomic E-state index is -0.951. The smallest absolute Gasteiger partial charge is 0.331 e. The molecule has 0 saturated heterocycles. The first kappa shape index (κ1) is 20.0. The number of amides is 1. The van der Waals surface area contributed by atoms with E-state index in [1.807, 2.05) is 31.2 Å². The first-order chi connectivity index (χ1) is 12.9. The Hall–Kier alpha value is -3.28. The van der Waals surface area contributed by atoms with Crippen molar-refractivity contribution in [3.8, 4) is 11.5 Å². The quantitative estimate of drug-likeness (QED) is 0.596. The van der Waals surface area contributed by atoms with Crippen molar-refractivity contribution >= 4 is 23.6 Å². The van der Waals surface area contributed by atoms with Crippen LogP contribution in [0.25, 0.3) is 6.08 Å². The summed E-state index contributed by atoms with van der Waals surface area (Å²) in [5, 5.41) is 2.68. The second-order valence-electron chi connectivity index (χ2n) is 5.89. The summed E-state index contributed by atoms with van der Waals surface area (Å²) < 4.78 is 15.5. The second-order valence-corrected chi connectivity index (χ2v) is 5.89. The predicted molar refractivity (Wildman–Crippen MR) is 104 cm³/mol. The summed E-state index contributed by atoms with van der Waals surface area (Å²) in [5.41, 5.74) is 2.48. The normalized spacial score (nSPS) is 11.7. The predicted octanol–water partition coefficient (Wildman–Crippen LogP) is 3.60. The summed E-state index contributed by atoms with van der Waals surface area (Å²) in [6.45, 7) is 3.48.